The summed E-state index contributed by atoms with van der Waals surface area (Å²) in [6.07, 6.45) is 2.15. The number of ether oxygens (including phenoxy) is 1. The number of hydrogen-bond acceptors (Lipinski definition) is 4. The number of nitrogens with one attached hydrogen (secondary N) is 1. The number of halogens is 1. The predicted molar refractivity (Wildman–Crippen MR) is 139 cm³/mol. The molecule has 1 aliphatic heterocycles. The molecular weight excluding hydrogens is 508 g/mol. The summed E-state index contributed by atoms with van der Waals surface area (Å²) in [5.74, 6) is -0.719. The summed E-state index contributed by atoms with van der Waals surface area (Å²) < 4.78 is 6.88. The number of barbiturate groups is 1. The second-order valence-electron chi connectivity index (χ2n) is 8.32. The molecule has 178 valence electrons. The minimum Gasteiger partial charge on any atom is -0.494 e. The van der Waals surface area contributed by atoms with E-state index in [0.717, 1.165) is 31.6 Å². The van der Waals surface area contributed by atoms with Crippen LogP contribution in [0.1, 0.15) is 34.7 Å². The van der Waals surface area contributed by atoms with Crippen LogP contribution in [0, 0.1) is 13.8 Å². The molecule has 1 aliphatic rings. The summed E-state index contributed by atoms with van der Waals surface area (Å²) in [5.41, 5.74) is 4.70. The average Bonchev–Trinajstić information content (AvgIpc) is 2.82. The Hall–Kier alpha value is -3.71. The largest absolute Gasteiger partial charge is 0.494 e. The van der Waals surface area contributed by atoms with Crippen molar-refractivity contribution in [3.63, 3.8) is 0 Å². The topological polar surface area (TPSA) is 75.7 Å². The van der Waals surface area contributed by atoms with Gasteiger partial charge in [-0.1, -0.05) is 58.4 Å². The smallest absolute Gasteiger partial charge is 0.335 e. The first-order valence-electron chi connectivity index (χ1n) is 11.3. The number of hydrogen-bond donors (Lipinski definition) is 1. The molecule has 0 aliphatic carbocycles. The highest BCUT2D eigenvalue weighted by molar-refractivity contribution is 9.10. The summed E-state index contributed by atoms with van der Waals surface area (Å²) >= 11 is 3.59. The zero-order valence-electron chi connectivity index (χ0n) is 19.7. The third-order valence-electron chi connectivity index (χ3n) is 5.75. The van der Waals surface area contributed by atoms with Crippen molar-refractivity contribution in [1.82, 2.24) is 5.32 Å². The Balaban J connectivity index is 1.70. The van der Waals surface area contributed by atoms with Crippen LogP contribution in [0.4, 0.5) is 10.5 Å². The maximum Gasteiger partial charge on any atom is 0.335 e. The van der Waals surface area contributed by atoms with Gasteiger partial charge in [0.2, 0.25) is 0 Å². The lowest BCUT2D eigenvalue weighted by Gasteiger charge is -2.27. The zero-order chi connectivity index (χ0) is 25.1. The molecule has 0 aromatic heterocycles. The molecule has 0 spiro atoms. The Morgan fingerprint density at radius 2 is 1.74 bits per heavy atom. The van der Waals surface area contributed by atoms with Gasteiger partial charge in [0.15, 0.2) is 0 Å². The van der Waals surface area contributed by atoms with E-state index in [1.807, 2.05) is 75.4 Å². The highest BCUT2D eigenvalue weighted by atomic mass is 79.9. The van der Waals surface area contributed by atoms with Crippen LogP contribution >= 0.6 is 15.9 Å². The van der Waals surface area contributed by atoms with E-state index in [-0.39, 0.29) is 5.57 Å². The Kier molecular flexibility index (Phi) is 7.17. The summed E-state index contributed by atoms with van der Waals surface area (Å²) in [5, 5.41) is 2.29. The zero-order valence-corrected chi connectivity index (χ0v) is 21.3. The number of benzene rings is 3. The molecule has 35 heavy (non-hydrogen) atoms. The lowest BCUT2D eigenvalue weighted by molar-refractivity contribution is -0.122. The molecule has 1 heterocycles. The van der Waals surface area contributed by atoms with Gasteiger partial charge in [-0.2, -0.15) is 0 Å². The van der Waals surface area contributed by atoms with Crippen molar-refractivity contribution < 1.29 is 19.1 Å². The summed E-state index contributed by atoms with van der Waals surface area (Å²) in [7, 11) is 0. The molecule has 0 saturated carbocycles. The van der Waals surface area contributed by atoms with Crippen molar-refractivity contribution in [3.05, 3.63) is 98.5 Å². The van der Waals surface area contributed by atoms with Gasteiger partial charge in [-0.3, -0.25) is 14.9 Å². The first-order chi connectivity index (χ1) is 16.8. The number of carbonyl (C=O) groups is 3. The molecular formula is C28H25BrN2O4. The molecule has 0 atom stereocenters. The Morgan fingerprint density at radius 3 is 2.49 bits per heavy atom. The third-order valence-corrected chi connectivity index (χ3v) is 6.52. The Bertz CT molecular complexity index is 1360. The van der Waals surface area contributed by atoms with Crippen LogP contribution in [0.15, 0.2) is 70.7 Å². The molecule has 0 bridgehead atoms. The molecule has 3 aromatic rings. The van der Waals surface area contributed by atoms with Gasteiger partial charge >= 0.3 is 6.03 Å². The Morgan fingerprint density at radius 1 is 0.971 bits per heavy atom. The molecule has 0 unspecified atom stereocenters. The maximum absolute atomic E-state index is 13.3. The van der Waals surface area contributed by atoms with Crippen molar-refractivity contribution >= 4 is 45.5 Å². The number of imide groups is 2. The van der Waals surface area contributed by atoms with Crippen molar-refractivity contribution in [3.8, 4) is 5.75 Å². The number of carbonyl (C=O) groups excluding carboxylic acids is 3. The van der Waals surface area contributed by atoms with Crippen molar-refractivity contribution in [2.75, 3.05) is 11.5 Å². The number of nitrogens with zero attached hydrogens (tertiary/aromatic N) is 1. The van der Waals surface area contributed by atoms with Crippen LogP contribution < -0.4 is 15.0 Å². The lowest BCUT2D eigenvalue weighted by Crippen LogP contribution is -2.54. The average molecular weight is 533 g/mol. The number of rotatable bonds is 6. The number of amides is 4. The van der Waals surface area contributed by atoms with Crippen LogP contribution in [-0.4, -0.2) is 24.5 Å². The molecule has 1 saturated heterocycles. The molecule has 4 amide bonds. The van der Waals surface area contributed by atoms with Gasteiger partial charge in [-0.25, -0.2) is 9.69 Å². The second-order valence-corrected chi connectivity index (χ2v) is 9.17. The van der Waals surface area contributed by atoms with E-state index in [0.29, 0.717) is 30.0 Å². The predicted octanol–water partition coefficient (Wildman–Crippen LogP) is 5.72. The van der Waals surface area contributed by atoms with E-state index in [9.17, 15) is 14.4 Å². The highest BCUT2D eigenvalue weighted by Crippen LogP contribution is 2.29. The molecule has 4 rings (SSSR count). The first kappa shape index (κ1) is 24.4. The molecule has 1 fully saturated rings. The van der Waals surface area contributed by atoms with E-state index in [1.54, 1.807) is 6.07 Å². The molecule has 1 N–H and O–H groups in total. The van der Waals surface area contributed by atoms with E-state index >= 15 is 0 Å². The number of anilines is 1. The van der Waals surface area contributed by atoms with Crippen LogP contribution in [0.25, 0.3) is 6.08 Å². The van der Waals surface area contributed by atoms with Crippen LogP contribution in [0.2, 0.25) is 0 Å². The van der Waals surface area contributed by atoms with Gasteiger partial charge in [0.1, 0.15) is 11.3 Å². The molecule has 7 heteroatoms. The molecule has 6 nitrogen and oxygen atoms in total. The first-order valence-corrected chi connectivity index (χ1v) is 12.1. The highest BCUT2D eigenvalue weighted by Gasteiger charge is 2.37. The fourth-order valence-electron chi connectivity index (χ4n) is 3.95. The van der Waals surface area contributed by atoms with Gasteiger partial charge in [-0.15, -0.1) is 0 Å². The van der Waals surface area contributed by atoms with Crippen molar-refractivity contribution in [2.45, 2.75) is 27.2 Å². The van der Waals surface area contributed by atoms with Crippen molar-refractivity contribution in [1.29, 1.82) is 0 Å². The fraction of sp³-hybridized carbons (Fsp3) is 0.179. The van der Waals surface area contributed by atoms with E-state index in [2.05, 4.69) is 21.2 Å². The van der Waals surface area contributed by atoms with Gasteiger partial charge in [0.25, 0.3) is 11.8 Å². The minimum absolute atomic E-state index is 0.119. The van der Waals surface area contributed by atoms with Crippen LogP contribution in [-0.2, 0) is 16.0 Å². The quantitative estimate of drug-likeness (QED) is 0.325. The van der Waals surface area contributed by atoms with Crippen LogP contribution in [0.3, 0.4) is 0 Å². The van der Waals surface area contributed by atoms with Crippen LogP contribution in [0.5, 0.6) is 5.75 Å². The number of urea groups is 1. The van der Waals surface area contributed by atoms with Gasteiger partial charge in [-0.05, 0) is 72.9 Å². The lowest BCUT2D eigenvalue weighted by atomic mass is 10.0. The van der Waals surface area contributed by atoms with Gasteiger partial charge < -0.3 is 4.74 Å². The van der Waals surface area contributed by atoms with E-state index < -0.39 is 17.8 Å². The van der Waals surface area contributed by atoms with Gasteiger partial charge in [0.05, 0.1) is 12.3 Å². The normalized spacial score (nSPS) is 14.9. The fourth-order valence-corrected chi connectivity index (χ4v) is 4.37. The second kappa shape index (κ2) is 10.3. The van der Waals surface area contributed by atoms with E-state index in [1.165, 1.54) is 6.08 Å². The monoisotopic (exact) mass is 532 g/mol. The molecule has 0 radical (unpaired) electrons. The van der Waals surface area contributed by atoms with Gasteiger partial charge in [0, 0.05) is 10.9 Å². The summed E-state index contributed by atoms with van der Waals surface area (Å²) in [6.45, 7) is 6.06. The SMILES string of the molecule is CCOc1cc(/C=C2\C(=O)NC(=O)N(c3cc(C)ccc3C)C2=O)ccc1Cc1ccccc1Br. The van der Waals surface area contributed by atoms with E-state index in [4.69, 9.17) is 4.74 Å². The maximum atomic E-state index is 13.3. The minimum atomic E-state index is -0.760. The molecule has 3 aromatic carbocycles. The summed E-state index contributed by atoms with van der Waals surface area (Å²) in [4.78, 5) is 39.5. The standard InChI is InChI=1S/C28H25BrN2O4/c1-4-35-25-15-19(11-12-21(25)16-20-7-5-6-8-23(20)29)14-22-26(32)30-28(34)31(27(22)33)24-13-17(2)9-10-18(24)3/h5-15H,4,16H2,1-3H3,(H,30,32,34)/b22-14+. The third kappa shape index (κ3) is 5.20. The number of aryl methyl sites for hydroxylation is 2. The Labute approximate surface area is 212 Å². The van der Waals surface area contributed by atoms with Crippen molar-refractivity contribution in [2.24, 2.45) is 0 Å². The summed E-state index contributed by atoms with van der Waals surface area (Å²) in [6, 6.07) is 18.3.